The molecule has 19 heavy (non-hydrogen) atoms. The van der Waals surface area contributed by atoms with Gasteiger partial charge in [0, 0.05) is 12.7 Å². The number of rotatable bonds is 2. The molecule has 2 aromatic carbocycles. The summed E-state index contributed by atoms with van der Waals surface area (Å²) < 4.78 is 0. The molecule has 0 aliphatic carbocycles. The first-order chi connectivity index (χ1) is 9.28. The lowest BCUT2D eigenvalue weighted by Crippen LogP contribution is -2.08. The highest BCUT2D eigenvalue weighted by molar-refractivity contribution is 7.16. The van der Waals surface area contributed by atoms with Crippen LogP contribution in [-0.4, -0.2) is 12.0 Å². The van der Waals surface area contributed by atoms with Gasteiger partial charge in [-0.25, -0.2) is 4.98 Å². The lowest BCUT2D eigenvalue weighted by Gasteiger charge is -2.16. The molecule has 1 heterocycles. The molecule has 0 saturated carbocycles. The SMILES string of the molecule is CN(c1ccc2ccccc2c1)c1ncc(C#N)s1. The minimum absolute atomic E-state index is 0.627. The van der Waals surface area contributed by atoms with Crippen LogP contribution in [0.4, 0.5) is 10.8 Å². The Hall–Kier alpha value is -2.38. The maximum Gasteiger partial charge on any atom is 0.190 e. The standard InChI is InChI=1S/C15H11N3S/c1-18(15-17-10-14(9-16)19-15)13-7-6-11-4-2-3-5-12(11)8-13/h2-8,10H,1H3. The predicted octanol–water partition coefficient (Wildman–Crippen LogP) is 3.94. The highest BCUT2D eigenvalue weighted by Gasteiger charge is 2.09. The highest BCUT2D eigenvalue weighted by Crippen LogP contribution is 2.29. The van der Waals surface area contributed by atoms with Gasteiger partial charge in [0.25, 0.3) is 0 Å². The largest absolute Gasteiger partial charge is 0.321 e. The van der Waals surface area contributed by atoms with E-state index in [0.717, 1.165) is 10.8 Å². The van der Waals surface area contributed by atoms with Gasteiger partial charge in [0.15, 0.2) is 5.13 Å². The van der Waals surface area contributed by atoms with E-state index in [1.165, 1.54) is 22.1 Å². The van der Waals surface area contributed by atoms with Crippen LogP contribution in [0.2, 0.25) is 0 Å². The van der Waals surface area contributed by atoms with Gasteiger partial charge >= 0.3 is 0 Å². The van der Waals surface area contributed by atoms with E-state index in [1.54, 1.807) is 6.20 Å². The normalized spacial score (nSPS) is 10.3. The summed E-state index contributed by atoms with van der Waals surface area (Å²) in [5.74, 6) is 0. The Kier molecular flexibility index (Phi) is 2.90. The molecule has 92 valence electrons. The Balaban J connectivity index is 2.01. The molecular weight excluding hydrogens is 254 g/mol. The van der Waals surface area contributed by atoms with Gasteiger partial charge in [0.05, 0.1) is 6.20 Å². The van der Waals surface area contributed by atoms with Gasteiger partial charge < -0.3 is 4.90 Å². The second-order valence-corrected chi connectivity index (χ2v) is 5.22. The number of nitriles is 1. The summed E-state index contributed by atoms with van der Waals surface area (Å²) in [6, 6.07) is 16.7. The van der Waals surface area contributed by atoms with Crippen molar-refractivity contribution >= 4 is 32.9 Å². The number of anilines is 2. The van der Waals surface area contributed by atoms with E-state index in [1.807, 2.05) is 24.1 Å². The maximum absolute atomic E-state index is 8.85. The summed E-state index contributed by atoms with van der Waals surface area (Å²) >= 11 is 1.39. The van der Waals surface area contributed by atoms with Crippen molar-refractivity contribution in [2.75, 3.05) is 11.9 Å². The molecule has 4 heteroatoms. The number of benzene rings is 2. The van der Waals surface area contributed by atoms with Crippen molar-refractivity contribution in [2.45, 2.75) is 0 Å². The number of fused-ring (bicyclic) bond motifs is 1. The fourth-order valence-electron chi connectivity index (χ4n) is 1.97. The predicted molar refractivity (Wildman–Crippen MR) is 78.8 cm³/mol. The van der Waals surface area contributed by atoms with Gasteiger partial charge in [-0.1, -0.05) is 41.7 Å². The van der Waals surface area contributed by atoms with Crippen molar-refractivity contribution in [3.05, 3.63) is 53.5 Å². The third-order valence-electron chi connectivity index (χ3n) is 3.01. The topological polar surface area (TPSA) is 39.9 Å². The second kappa shape index (κ2) is 4.71. The Morgan fingerprint density at radius 3 is 2.68 bits per heavy atom. The monoisotopic (exact) mass is 265 g/mol. The van der Waals surface area contributed by atoms with E-state index in [-0.39, 0.29) is 0 Å². The van der Waals surface area contributed by atoms with E-state index in [9.17, 15) is 0 Å². The number of hydrogen-bond acceptors (Lipinski definition) is 4. The van der Waals surface area contributed by atoms with Crippen molar-refractivity contribution in [2.24, 2.45) is 0 Å². The molecule has 3 aromatic rings. The third-order valence-corrected chi connectivity index (χ3v) is 3.99. The van der Waals surface area contributed by atoms with Crippen molar-refractivity contribution in [3.63, 3.8) is 0 Å². The molecule has 0 atom stereocenters. The minimum Gasteiger partial charge on any atom is -0.321 e. The molecule has 3 rings (SSSR count). The van der Waals surface area contributed by atoms with E-state index in [4.69, 9.17) is 5.26 Å². The molecule has 0 amide bonds. The van der Waals surface area contributed by atoms with Crippen LogP contribution in [0.15, 0.2) is 48.7 Å². The molecule has 0 radical (unpaired) electrons. The van der Waals surface area contributed by atoms with Gasteiger partial charge in [-0.3, -0.25) is 0 Å². The smallest absolute Gasteiger partial charge is 0.190 e. The summed E-state index contributed by atoms with van der Waals surface area (Å²) in [5.41, 5.74) is 1.07. The zero-order chi connectivity index (χ0) is 13.2. The Bertz CT molecular complexity index is 770. The van der Waals surface area contributed by atoms with Crippen LogP contribution in [0.3, 0.4) is 0 Å². The van der Waals surface area contributed by atoms with Crippen LogP contribution in [0, 0.1) is 11.3 Å². The van der Waals surface area contributed by atoms with Crippen molar-refractivity contribution < 1.29 is 0 Å². The molecule has 0 aliphatic rings. The number of thiazole rings is 1. The molecule has 0 unspecified atom stereocenters. The maximum atomic E-state index is 8.85. The van der Waals surface area contributed by atoms with Crippen LogP contribution in [-0.2, 0) is 0 Å². The molecular formula is C15H11N3S. The van der Waals surface area contributed by atoms with E-state index < -0.39 is 0 Å². The summed E-state index contributed by atoms with van der Waals surface area (Å²) in [5, 5.41) is 12.1. The van der Waals surface area contributed by atoms with E-state index >= 15 is 0 Å². The fourth-order valence-corrected chi connectivity index (χ4v) is 2.66. The van der Waals surface area contributed by atoms with Crippen molar-refractivity contribution in [1.29, 1.82) is 5.26 Å². The van der Waals surface area contributed by atoms with Gasteiger partial charge in [0.1, 0.15) is 10.9 Å². The summed E-state index contributed by atoms with van der Waals surface area (Å²) in [6.45, 7) is 0. The van der Waals surface area contributed by atoms with Gasteiger partial charge in [-0.2, -0.15) is 5.26 Å². The van der Waals surface area contributed by atoms with Crippen LogP contribution in [0.1, 0.15) is 4.88 Å². The van der Waals surface area contributed by atoms with Crippen molar-refractivity contribution in [3.8, 4) is 6.07 Å². The minimum atomic E-state index is 0.627. The Labute approximate surface area is 115 Å². The number of hydrogen-bond donors (Lipinski definition) is 0. The Morgan fingerprint density at radius 2 is 1.95 bits per heavy atom. The van der Waals surface area contributed by atoms with Crippen LogP contribution in [0.5, 0.6) is 0 Å². The zero-order valence-electron chi connectivity index (χ0n) is 10.4. The molecule has 0 spiro atoms. The Morgan fingerprint density at radius 1 is 1.16 bits per heavy atom. The average Bonchev–Trinajstić information content (AvgIpc) is 2.95. The first kappa shape index (κ1) is 11.7. The first-order valence-electron chi connectivity index (χ1n) is 5.86. The van der Waals surface area contributed by atoms with Crippen LogP contribution >= 0.6 is 11.3 Å². The lowest BCUT2D eigenvalue weighted by atomic mass is 10.1. The van der Waals surface area contributed by atoms with Crippen molar-refractivity contribution in [1.82, 2.24) is 4.98 Å². The van der Waals surface area contributed by atoms with E-state index in [0.29, 0.717) is 4.88 Å². The second-order valence-electron chi connectivity index (χ2n) is 4.21. The third kappa shape index (κ3) is 2.16. The van der Waals surface area contributed by atoms with Gasteiger partial charge in [0.2, 0.25) is 0 Å². The highest BCUT2D eigenvalue weighted by atomic mass is 32.1. The lowest BCUT2D eigenvalue weighted by molar-refractivity contribution is 1.17. The average molecular weight is 265 g/mol. The molecule has 1 aromatic heterocycles. The molecule has 0 aliphatic heterocycles. The zero-order valence-corrected chi connectivity index (χ0v) is 11.2. The van der Waals surface area contributed by atoms with Crippen LogP contribution in [0.25, 0.3) is 10.8 Å². The van der Waals surface area contributed by atoms with Crippen LogP contribution < -0.4 is 4.90 Å². The molecule has 3 nitrogen and oxygen atoms in total. The molecule has 0 N–H and O–H groups in total. The van der Waals surface area contributed by atoms with Gasteiger partial charge in [-0.05, 0) is 22.9 Å². The quantitative estimate of drug-likeness (QED) is 0.704. The number of nitrogens with zero attached hydrogens (tertiary/aromatic N) is 3. The van der Waals surface area contributed by atoms with Gasteiger partial charge in [-0.15, -0.1) is 0 Å². The summed E-state index contributed by atoms with van der Waals surface area (Å²) in [7, 11) is 1.96. The fraction of sp³-hybridized carbons (Fsp3) is 0.0667. The number of aromatic nitrogens is 1. The first-order valence-corrected chi connectivity index (χ1v) is 6.68. The molecule has 0 saturated heterocycles. The molecule has 0 bridgehead atoms. The molecule has 0 fully saturated rings. The van der Waals surface area contributed by atoms with E-state index in [2.05, 4.69) is 41.4 Å². The summed E-state index contributed by atoms with van der Waals surface area (Å²) in [6.07, 6.45) is 1.61. The summed E-state index contributed by atoms with van der Waals surface area (Å²) in [4.78, 5) is 6.89.